The number of hydrogen-bond acceptors (Lipinski definition) is 3. The Bertz CT molecular complexity index is 709. The van der Waals surface area contributed by atoms with Gasteiger partial charge in [0.25, 0.3) is 0 Å². The first-order valence-electron chi connectivity index (χ1n) is 8.09. The Balaban J connectivity index is 2.06. The lowest BCUT2D eigenvalue weighted by atomic mass is 10.1. The number of aliphatic imine (C=N–C) groups is 1. The minimum Gasteiger partial charge on any atom is -0.386 e. The number of nitrogens with one attached hydrogen (secondary N) is 2. The molecule has 0 spiro atoms. The van der Waals surface area contributed by atoms with Crippen molar-refractivity contribution in [3.8, 4) is 0 Å². The normalized spacial score (nSPS) is 14.0. The number of hydrogen-bond donors (Lipinski definition) is 3. The first-order valence-corrected chi connectivity index (χ1v) is 8.09. The van der Waals surface area contributed by atoms with Gasteiger partial charge in [-0.2, -0.15) is 0 Å². The Kier molecular flexibility index (Phi) is 6.82. The van der Waals surface area contributed by atoms with Gasteiger partial charge in [-0.25, -0.2) is 8.78 Å². The van der Waals surface area contributed by atoms with Gasteiger partial charge in [-0.1, -0.05) is 6.07 Å². The van der Waals surface area contributed by atoms with Crippen LogP contribution in [0.25, 0.3) is 0 Å². The molecule has 0 radical (unpaired) electrons. The monoisotopic (exact) mass is 348 g/mol. The van der Waals surface area contributed by atoms with E-state index in [4.69, 9.17) is 0 Å². The number of aromatic nitrogens is 1. The van der Waals surface area contributed by atoms with Gasteiger partial charge < -0.3 is 15.7 Å². The highest BCUT2D eigenvalue weighted by Crippen LogP contribution is 2.17. The number of aliphatic hydroxyl groups excluding tert-OH is 1. The highest BCUT2D eigenvalue weighted by molar-refractivity contribution is 5.80. The predicted octanol–water partition coefficient (Wildman–Crippen LogP) is 2.71. The van der Waals surface area contributed by atoms with Crippen molar-refractivity contribution in [3.05, 3.63) is 65.5 Å². The number of aliphatic hydroxyl groups is 1. The number of halogens is 2. The highest BCUT2D eigenvalue weighted by Gasteiger charge is 2.14. The van der Waals surface area contributed by atoms with E-state index in [0.29, 0.717) is 23.6 Å². The van der Waals surface area contributed by atoms with Gasteiger partial charge in [0.15, 0.2) is 5.96 Å². The first kappa shape index (κ1) is 18.8. The summed E-state index contributed by atoms with van der Waals surface area (Å²) in [7, 11) is 0. The number of guanidine groups is 1. The minimum absolute atomic E-state index is 0.137. The summed E-state index contributed by atoms with van der Waals surface area (Å²) in [6.45, 7) is 4.40. The average molecular weight is 348 g/mol. The van der Waals surface area contributed by atoms with Crippen LogP contribution >= 0.6 is 0 Å². The van der Waals surface area contributed by atoms with Crippen LogP contribution in [0, 0.1) is 11.6 Å². The predicted molar refractivity (Wildman–Crippen MR) is 93.1 cm³/mol. The molecule has 0 bridgehead atoms. The Morgan fingerprint density at radius 2 is 1.96 bits per heavy atom. The molecule has 2 rings (SSSR count). The van der Waals surface area contributed by atoms with Crippen molar-refractivity contribution in [1.82, 2.24) is 15.6 Å². The third kappa shape index (κ3) is 5.49. The molecule has 25 heavy (non-hydrogen) atoms. The Morgan fingerprint density at radius 3 is 2.60 bits per heavy atom. The highest BCUT2D eigenvalue weighted by atomic mass is 19.1. The molecular formula is C18H22F2N4O. The molecule has 0 aliphatic heterocycles. The lowest BCUT2D eigenvalue weighted by molar-refractivity contribution is 0.187. The number of benzene rings is 1. The van der Waals surface area contributed by atoms with Crippen LogP contribution < -0.4 is 10.6 Å². The molecule has 5 nitrogen and oxygen atoms in total. The lowest BCUT2D eigenvalue weighted by Gasteiger charge is -2.19. The fourth-order valence-corrected chi connectivity index (χ4v) is 2.32. The van der Waals surface area contributed by atoms with Crippen LogP contribution in [-0.2, 0) is 0 Å². The Morgan fingerprint density at radius 1 is 1.24 bits per heavy atom. The van der Waals surface area contributed by atoms with Crippen LogP contribution in [0.4, 0.5) is 8.78 Å². The largest absolute Gasteiger partial charge is 0.386 e. The van der Waals surface area contributed by atoms with Gasteiger partial charge >= 0.3 is 0 Å². The van der Waals surface area contributed by atoms with E-state index in [1.165, 1.54) is 12.1 Å². The zero-order chi connectivity index (χ0) is 18.2. The molecule has 0 saturated heterocycles. The van der Waals surface area contributed by atoms with Gasteiger partial charge in [0.05, 0.1) is 18.7 Å². The van der Waals surface area contributed by atoms with Crippen molar-refractivity contribution in [1.29, 1.82) is 0 Å². The van der Waals surface area contributed by atoms with Gasteiger partial charge in [0.1, 0.15) is 11.6 Å². The van der Waals surface area contributed by atoms with E-state index >= 15 is 0 Å². The maximum absolute atomic E-state index is 13.9. The smallest absolute Gasteiger partial charge is 0.191 e. The quantitative estimate of drug-likeness (QED) is 0.555. The maximum atomic E-state index is 13.9. The van der Waals surface area contributed by atoms with Crippen LogP contribution in [0.5, 0.6) is 0 Å². The van der Waals surface area contributed by atoms with Crippen molar-refractivity contribution < 1.29 is 13.9 Å². The van der Waals surface area contributed by atoms with Crippen molar-refractivity contribution in [2.24, 2.45) is 4.99 Å². The summed E-state index contributed by atoms with van der Waals surface area (Å²) in [5, 5.41) is 16.3. The molecule has 7 heteroatoms. The molecule has 1 aromatic heterocycles. The van der Waals surface area contributed by atoms with E-state index in [-0.39, 0.29) is 6.54 Å². The molecule has 0 saturated carbocycles. The zero-order valence-electron chi connectivity index (χ0n) is 14.2. The maximum Gasteiger partial charge on any atom is 0.191 e. The summed E-state index contributed by atoms with van der Waals surface area (Å²) in [4.78, 5) is 8.24. The molecule has 1 aromatic carbocycles. The summed E-state index contributed by atoms with van der Waals surface area (Å²) in [5.74, 6) is -0.797. The van der Waals surface area contributed by atoms with Crippen LogP contribution in [0.1, 0.15) is 37.1 Å². The molecule has 0 amide bonds. The average Bonchev–Trinajstić information content (AvgIpc) is 2.60. The molecule has 0 aliphatic carbocycles. The zero-order valence-corrected chi connectivity index (χ0v) is 14.2. The molecule has 2 atom stereocenters. The third-order valence-electron chi connectivity index (χ3n) is 3.64. The standard InChI is InChI=1S/C18H22F2N4O/c1-3-22-18(23-11-17(25)13-6-8-21-9-7-13)24-12(2)15-5-4-14(19)10-16(15)20/h4-10,12,17,25H,3,11H2,1-2H3,(H2,22,23,24). The first-order chi connectivity index (χ1) is 12.0. The van der Waals surface area contributed by atoms with Gasteiger partial charge in [0, 0.05) is 30.6 Å². The van der Waals surface area contributed by atoms with E-state index < -0.39 is 23.8 Å². The summed E-state index contributed by atoms with van der Waals surface area (Å²) in [6, 6.07) is 6.49. The van der Waals surface area contributed by atoms with E-state index in [0.717, 1.165) is 6.07 Å². The summed E-state index contributed by atoms with van der Waals surface area (Å²) < 4.78 is 26.9. The molecule has 134 valence electrons. The molecule has 0 aliphatic rings. The second-order valence-corrected chi connectivity index (χ2v) is 5.55. The number of nitrogens with zero attached hydrogens (tertiary/aromatic N) is 2. The van der Waals surface area contributed by atoms with Gasteiger partial charge in [-0.15, -0.1) is 0 Å². The van der Waals surface area contributed by atoms with E-state index in [1.54, 1.807) is 31.5 Å². The van der Waals surface area contributed by atoms with Crippen LogP contribution in [0.2, 0.25) is 0 Å². The van der Waals surface area contributed by atoms with Gasteiger partial charge in [-0.05, 0) is 37.6 Å². The van der Waals surface area contributed by atoms with E-state index in [1.807, 2.05) is 6.92 Å². The summed E-state index contributed by atoms with van der Waals surface area (Å²) >= 11 is 0. The fraction of sp³-hybridized carbons (Fsp3) is 0.333. The number of pyridine rings is 1. The van der Waals surface area contributed by atoms with Gasteiger partial charge in [0.2, 0.25) is 0 Å². The summed E-state index contributed by atoms with van der Waals surface area (Å²) in [6.07, 6.45) is 2.44. The Labute approximate surface area is 145 Å². The third-order valence-corrected chi connectivity index (χ3v) is 3.64. The van der Waals surface area contributed by atoms with E-state index in [9.17, 15) is 13.9 Å². The second kappa shape index (κ2) is 9.08. The molecule has 2 aromatic rings. The van der Waals surface area contributed by atoms with Crippen LogP contribution in [0.15, 0.2) is 47.7 Å². The molecular weight excluding hydrogens is 326 g/mol. The molecule has 1 heterocycles. The van der Waals surface area contributed by atoms with Crippen LogP contribution in [0.3, 0.4) is 0 Å². The molecule has 2 unspecified atom stereocenters. The van der Waals surface area contributed by atoms with Crippen LogP contribution in [-0.4, -0.2) is 29.1 Å². The number of rotatable bonds is 6. The van der Waals surface area contributed by atoms with Crippen molar-refractivity contribution >= 4 is 5.96 Å². The van der Waals surface area contributed by atoms with Crippen molar-refractivity contribution in [3.63, 3.8) is 0 Å². The summed E-state index contributed by atoms with van der Waals surface area (Å²) in [5.41, 5.74) is 1.05. The molecule has 3 N–H and O–H groups in total. The lowest BCUT2D eigenvalue weighted by Crippen LogP contribution is -2.39. The van der Waals surface area contributed by atoms with Crippen molar-refractivity contribution in [2.45, 2.75) is 26.0 Å². The Hall–Kier alpha value is -2.54. The minimum atomic E-state index is -0.767. The topological polar surface area (TPSA) is 69.5 Å². The fourth-order valence-electron chi connectivity index (χ4n) is 2.32. The van der Waals surface area contributed by atoms with Gasteiger partial charge in [-0.3, -0.25) is 9.98 Å². The second-order valence-electron chi connectivity index (χ2n) is 5.55. The molecule has 0 fully saturated rings. The van der Waals surface area contributed by atoms with Crippen molar-refractivity contribution in [2.75, 3.05) is 13.1 Å². The SMILES string of the molecule is CCNC(=NCC(O)c1ccncc1)NC(C)c1ccc(F)cc1F. The van der Waals surface area contributed by atoms with E-state index in [2.05, 4.69) is 20.6 Å².